The summed E-state index contributed by atoms with van der Waals surface area (Å²) in [7, 11) is 0. The summed E-state index contributed by atoms with van der Waals surface area (Å²) < 4.78 is 9.40. The highest BCUT2D eigenvalue weighted by molar-refractivity contribution is 5.72. The summed E-state index contributed by atoms with van der Waals surface area (Å²) >= 11 is 0. The van der Waals surface area contributed by atoms with Crippen LogP contribution in [0.4, 0.5) is 0 Å². The Kier molecular flexibility index (Phi) is 6.72. The molecule has 0 amide bonds. The van der Waals surface area contributed by atoms with Gasteiger partial charge in [-0.05, 0) is 31.6 Å². The van der Waals surface area contributed by atoms with Crippen molar-refractivity contribution in [1.29, 1.82) is 0 Å². The number of aliphatic hydroxyl groups is 1. The minimum Gasteiger partial charge on any atom is -0.465 e. The molecule has 1 unspecified atom stereocenters. The largest absolute Gasteiger partial charge is 0.465 e. The van der Waals surface area contributed by atoms with E-state index < -0.39 is 6.10 Å². The third kappa shape index (κ3) is 5.04. The molecule has 5 nitrogen and oxygen atoms in total. The molecule has 1 rings (SSSR count). The molecule has 1 aliphatic carbocycles. The summed E-state index contributed by atoms with van der Waals surface area (Å²) in [5, 5.41) is 9.35. The molecule has 1 N–H and O–H groups in total. The molecule has 0 aromatic heterocycles. The zero-order chi connectivity index (χ0) is 13.4. The molecule has 1 aliphatic rings. The van der Waals surface area contributed by atoms with Crippen molar-refractivity contribution >= 4 is 12.4 Å². The molecule has 0 aromatic carbocycles. The van der Waals surface area contributed by atoms with E-state index in [2.05, 4.69) is 11.7 Å². The molecule has 0 radical (unpaired) electrons. The molecule has 104 valence electrons. The quantitative estimate of drug-likeness (QED) is 0.550. The van der Waals surface area contributed by atoms with Crippen LogP contribution in [0.5, 0.6) is 0 Å². The highest BCUT2D eigenvalue weighted by Gasteiger charge is 2.26. The van der Waals surface area contributed by atoms with Crippen LogP contribution in [0.2, 0.25) is 0 Å². The molecule has 0 heterocycles. The zero-order valence-corrected chi connectivity index (χ0v) is 10.8. The molecule has 0 bridgehead atoms. The van der Waals surface area contributed by atoms with Gasteiger partial charge in [0.05, 0.1) is 5.92 Å². The van der Waals surface area contributed by atoms with Gasteiger partial charge in [0, 0.05) is 0 Å². The number of esters is 1. The number of carbonyl (C=O) groups is 2. The Bertz CT molecular complexity index is 258. The minimum absolute atomic E-state index is 0.0352. The number of hydrogen-bond donors (Lipinski definition) is 1. The van der Waals surface area contributed by atoms with Gasteiger partial charge >= 0.3 is 5.97 Å². The molecule has 1 saturated carbocycles. The Morgan fingerprint density at radius 2 is 2.00 bits per heavy atom. The second-order valence-corrected chi connectivity index (χ2v) is 4.84. The van der Waals surface area contributed by atoms with E-state index in [1.807, 2.05) is 0 Å². The maximum atomic E-state index is 11.7. The Morgan fingerprint density at radius 1 is 1.33 bits per heavy atom. The van der Waals surface area contributed by atoms with Gasteiger partial charge in [0.2, 0.25) is 0 Å². The second kappa shape index (κ2) is 8.08. The molecule has 0 aliphatic heterocycles. The van der Waals surface area contributed by atoms with Crippen molar-refractivity contribution in [2.75, 3.05) is 13.2 Å². The molecular formula is C13H22O5. The van der Waals surface area contributed by atoms with E-state index in [4.69, 9.17) is 4.74 Å². The van der Waals surface area contributed by atoms with E-state index in [0.29, 0.717) is 0 Å². The maximum Gasteiger partial charge on any atom is 0.309 e. The van der Waals surface area contributed by atoms with Crippen molar-refractivity contribution in [3.05, 3.63) is 0 Å². The third-order valence-electron chi connectivity index (χ3n) is 3.53. The first-order chi connectivity index (χ1) is 8.67. The first kappa shape index (κ1) is 15.0. The number of carbonyl (C=O) groups excluding carboxylic acids is 2. The van der Waals surface area contributed by atoms with Crippen molar-refractivity contribution in [2.24, 2.45) is 11.8 Å². The maximum absolute atomic E-state index is 11.7. The van der Waals surface area contributed by atoms with Crippen molar-refractivity contribution in [3.8, 4) is 0 Å². The second-order valence-electron chi connectivity index (χ2n) is 4.84. The molecule has 1 fully saturated rings. The highest BCUT2D eigenvalue weighted by atomic mass is 16.6. The van der Waals surface area contributed by atoms with E-state index in [1.165, 1.54) is 6.42 Å². The van der Waals surface area contributed by atoms with Gasteiger partial charge in [-0.15, -0.1) is 0 Å². The lowest BCUT2D eigenvalue weighted by atomic mass is 9.81. The van der Waals surface area contributed by atoms with Crippen molar-refractivity contribution in [3.63, 3.8) is 0 Å². The molecular weight excluding hydrogens is 236 g/mol. The van der Waals surface area contributed by atoms with E-state index >= 15 is 0 Å². The molecule has 0 aromatic rings. The Labute approximate surface area is 107 Å². The van der Waals surface area contributed by atoms with Crippen molar-refractivity contribution < 1.29 is 24.2 Å². The van der Waals surface area contributed by atoms with Gasteiger partial charge in [-0.2, -0.15) is 0 Å². The Morgan fingerprint density at radius 3 is 2.56 bits per heavy atom. The standard InChI is InChI=1S/C13H22O5/c1-2-10-3-5-11(6-4-10)13(16)18-8-12(15)7-17-9-14/h9-12,15H,2-8H2,1H3. The number of aliphatic hydroxyl groups excluding tert-OH is 1. The minimum atomic E-state index is -0.939. The van der Waals surface area contributed by atoms with Crippen LogP contribution in [-0.4, -0.2) is 36.9 Å². The van der Waals surface area contributed by atoms with Gasteiger partial charge in [0.1, 0.15) is 19.3 Å². The van der Waals surface area contributed by atoms with Crippen LogP contribution in [0, 0.1) is 11.8 Å². The van der Waals surface area contributed by atoms with Crippen LogP contribution in [-0.2, 0) is 19.1 Å². The number of hydrogen-bond acceptors (Lipinski definition) is 5. The molecule has 18 heavy (non-hydrogen) atoms. The lowest BCUT2D eigenvalue weighted by molar-refractivity contribution is -0.154. The first-order valence-electron chi connectivity index (χ1n) is 6.57. The topological polar surface area (TPSA) is 72.8 Å². The monoisotopic (exact) mass is 258 g/mol. The smallest absolute Gasteiger partial charge is 0.309 e. The van der Waals surface area contributed by atoms with Crippen LogP contribution < -0.4 is 0 Å². The average Bonchev–Trinajstić information content (AvgIpc) is 2.42. The fourth-order valence-corrected chi connectivity index (χ4v) is 2.30. The fourth-order valence-electron chi connectivity index (χ4n) is 2.30. The van der Waals surface area contributed by atoms with Gasteiger partial charge < -0.3 is 14.6 Å². The van der Waals surface area contributed by atoms with E-state index in [9.17, 15) is 14.7 Å². The summed E-state index contributed by atoms with van der Waals surface area (Å²) in [5.41, 5.74) is 0. The number of ether oxygens (including phenoxy) is 2. The van der Waals surface area contributed by atoms with Crippen LogP contribution >= 0.6 is 0 Å². The van der Waals surface area contributed by atoms with Crippen LogP contribution in [0.25, 0.3) is 0 Å². The summed E-state index contributed by atoms with van der Waals surface area (Å²) in [6.07, 6.45) is 4.13. The third-order valence-corrected chi connectivity index (χ3v) is 3.53. The van der Waals surface area contributed by atoms with Gasteiger partial charge in [-0.25, -0.2) is 0 Å². The van der Waals surface area contributed by atoms with Crippen molar-refractivity contribution in [2.45, 2.75) is 45.1 Å². The summed E-state index contributed by atoms with van der Waals surface area (Å²) in [6.45, 7) is 2.18. The highest BCUT2D eigenvalue weighted by Crippen LogP contribution is 2.31. The molecule has 0 spiro atoms. The lowest BCUT2D eigenvalue weighted by Gasteiger charge is -2.26. The van der Waals surface area contributed by atoms with Gasteiger partial charge in [-0.3, -0.25) is 9.59 Å². The van der Waals surface area contributed by atoms with Crippen LogP contribution in [0.1, 0.15) is 39.0 Å². The normalized spacial score (nSPS) is 25.2. The molecule has 0 saturated heterocycles. The zero-order valence-electron chi connectivity index (χ0n) is 10.8. The molecule has 1 atom stereocenters. The predicted octanol–water partition coefficient (Wildman–Crippen LogP) is 1.28. The Hall–Kier alpha value is -1.10. The van der Waals surface area contributed by atoms with Gasteiger partial charge in [0.25, 0.3) is 6.47 Å². The van der Waals surface area contributed by atoms with Crippen molar-refractivity contribution in [1.82, 2.24) is 0 Å². The lowest BCUT2D eigenvalue weighted by Crippen LogP contribution is -2.28. The average molecular weight is 258 g/mol. The van der Waals surface area contributed by atoms with Crippen LogP contribution in [0.15, 0.2) is 0 Å². The summed E-state index contributed by atoms with van der Waals surface area (Å²) in [6, 6.07) is 0. The number of rotatable bonds is 7. The van der Waals surface area contributed by atoms with Gasteiger partial charge in [0.15, 0.2) is 0 Å². The molecule has 5 heteroatoms. The predicted molar refractivity (Wildman–Crippen MR) is 64.7 cm³/mol. The SMILES string of the molecule is CCC1CCC(C(=O)OCC(O)COC=O)CC1. The van der Waals surface area contributed by atoms with Gasteiger partial charge in [-0.1, -0.05) is 13.3 Å². The summed E-state index contributed by atoms with van der Waals surface area (Å²) in [4.78, 5) is 21.6. The summed E-state index contributed by atoms with van der Waals surface area (Å²) in [5.74, 6) is 0.460. The van der Waals surface area contributed by atoms with Crippen LogP contribution in [0.3, 0.4) is 0 Å². The van der Waals surface area contributed by atoms with E-state index in [1.54, 1.807) is 0 Å². The van der Waals surface area contributed by atoms with E-state index in [-0.39, 0.29) is 31.6 Å². The first-order valence-corrected chi connectivity index (χ1v) is 6.57. The van der Waals surface area contributed by atoms with E-state index in [0.717, 1.165) is 31.6 Å². The fraction of sp³-hybridized carbons (Fsp3) is 0.846. The Balaban J connectivity index is 2.19.